The summed E-state index contributed by atoms with van der Waals surface area (Å²) in [5.74, 6) is 0. The largest absolute Gasteiger partial charge is 0.323 e. The summed E-state index contributed by atoms with van der Waals surface area (Å²) in [6.07, 6.45) is 4.02. The molecule has 1 heterocycles. The number of halogens is 2. The van der Waals surface area contributed by atoms with Gasteiger partial charge in [-0.2, -0.15) is 0 Å². The molecule has 0 saturated carbocycles. The minimum absolute atomic E-state index is 0. The molecule has 0 radical (unpaired) electrons. The van der Waals surface area contributed by atoms with Crippen molar-refractivity contribution in [3.63, 3.8) is 0 Å². The number of nitrogens with zero attached hydrogens (tertiary/aromatic N) is 1. The Bertz CT molecular complexity index is 319. The van der Waals surface area contributed by atoms with Crippen molar-refractivity contribution >= 4 is 24.8 Å². The van der Waals surface area contributed by atoms with Gasteiger partial charge in [-0.3, -0.25) is 4.90 Å². The van der Waals surface area contributed by atoms with Crippen LogP contribution in [-0.4, -0.2) is 24.0 Å². The number of piperidine rings is 1. The molecule has 18 heavy (non-hydrogen) atoms. The third kappa shape index (κ3) is 4.77. The van der Waals surface area contributed by atoms with Gasteiger partial charge in [0.25, 0.3) is 0 Å². The lowest BCUT2D eigenvalue weighted by Crippen LogP contribution is -2.41. The van der Waals surface area contributed by atoms with E-state index in [1.54, 1.807) is 0 Å². The highest BCUT2D eigenvalue weighted by atomic mass is 35.5. The molecule has 0 spiro atoms. The average Bonchev–Trinajstić information content (AvgIpc) is 2.33. The highest BCUT2D eigenvalue weighted by Crippen LogP contribution is 2.19. The van der Waals surface area contributed by atoms with Crippen LogP contribution in [0.4, 0.5) is 0 Å². The van der Waals surface area contributed by atoms with Crippen molar-refractivity contribution in [2.24, 2.45) is 5.73 Å². The molecular formula is C14H24Cl2N2. The maximum absolute atomic E-state index is 6.25. The number of likely N-dealkylation sites (tertiary alicyclic amines) is 1. The van der Waals surface area contributed by atoms with Gasteiger partial charge in [0.2, 0.25) is 0 Å². The van der Waals surface area contributed by atoms with E-state index in [1.807, 2.05) is 6.07 Å². The van der Waals surface area contributed by atoms with Crippen LogP contribution in [0.25, 0.3) is 0 Å². The van der Waals surface area contributed by atoms with Crippen LogP contribution in [0.1, 0.15) is 37.8 Å². The van der Waals surface area contributed by atoms with Crippen molar-refractivity contribution in [3.8, 4) is 0 Å². The van der Waals surface area contributed by atoms with Gasteiger partial charge in [0.05, 0.1) is 0 Å². The molecule has 1 aliphatic rings. The van der Waals surface area contributed by atoms with E-state index in [0.29, 0.717) is 6.04 Å². The molecule has 0 aromatic heterocycles. The van der Waals surface area contributed by atoms with E-state index in [2.05, 4.69) is 36.1 Å². The fraction of sp³-hybridized carbons (Fsp3) is 0.571. The Kier molecular flexibility index (Phi) is 8.62. The van der Waals surface area contributed by atoms with Crippen LogP contribution in [0.3, 0.4) is 0 Å². The Balaban J connectivity index is 0.00000144. The van der Waals surface area contributed by atoms with Gasteiger partial charge in [-0.25, -0.2) is 0 Å². The fourth-order valence-electron chi connectivity index (χ4n) is 2.49. The molecule has 1 aromatic rings. The predicted molar refractivity (Wildman–Crippen MR) is 82.8 cm³/mol. The Morgan fingerprint density at radius 1 is 1.22 bits per heavy atom. The lowest BCUT2D eigenvalue weighted by Gasteiger charge is -2.35. The summed E-state index contributed by atoms with van der Waals surface area (Å²) in [4.78, 5) is 2.53. The van der Waals surface area contributed by atoms with Gasteiger partial charge in [-0.1, -0.05) is 36.8 Å². The minimum atomic E-state index is 0. The second-order valence-corrected chi connectivity index (χ2v) is 4.86. The molecule has 0 amide bonds. The minimum Gasteiger partial charge on any atom is -0.323 e. The molecule has 1 fully saturated rings. The monoisotopic (exact) mass is 290 g/mol. The van der Waals surface area contributed by atoms with Crippen LogP contribution in [0, 0.1) is 0 Å². The third-order valence-electron chi connectivity index (χ3n) is 3.60. The molecular weight excluding hydrogens is 267 g/mol. The second kappa shape index (κ2) is 8.76. The molecule has 2 nitrogen and oxygen atoms in total. The Labute approximate surface area is 123 Å². The normalized spacial score (nSPS) is 21.6. The smallest absolute Gasteiger partial charge is 0.0424 e. The van der Waals surface area contributed by atoms with Crippen molar-refractivity contribution in [1.29, 1.82) is 0 Å². The molecule has 1 aliphatic heterocycles. The number of hydrogen-bond acceptors (Lipinski definition) is 2. The zero-order valence-corrected chi connectivity index (χ0v) is 12.6. The highest BCUT2D eigenvalue weighted by molar-refractivity contribution is 5.85. The first-order valence-electron chi connectivity index (χ1n) is 6.32. The molecule has 4 heteroatoms. The summed E-state index contributed by atoms with van der Waals surface area (Å²) in [5.41, 5.74) is 7.50. The van der Waals surface area contributed by atoms with Crippen LogP contribution in [0.2, 0.25) is 0 Å². The average molecular weight is 291 g/mol. The molecule has 2 unspecified atom stereocenters. The van der Waals surface area contributed by atoms with Gasteiger partial charge in [0.1, 0.15) is 0 Å². The maximum Gasteiger partial charge on any atom is 0.0424 e. The molecule has 2 N–H and O–H groups in total. The van der Waals surface area contributed by atoms with E-state index in [9.17, 15) is 0 Å². The summed E-state index contributed by atoms with van der Waals surface area (Å²) >= 11 is 0. The van der Waals surface area contributed by atoms with Crippen LogP contribution in [0.5, 0.6) is 0 Å². The summed E-state index contributed by atoms with van der Waals surface area (Å²) in [7, 11) is 0. The van der Waals surface area contributed by atoms with E-state index in [0.717, 1.165) is 6.54 Å². The zero-order chi connectivity index (χ0) is 11.4. The van der Waals surface area contributed by atoms with Crippen LogP contribution in [-0.2, 0) is 0 Å². The molecule has 0 bridgehead atoms. The molecule has 1 aromatic carbocycles. The molecule has 2 atom stereocenters. The van der Waals surface area contributed by atoms with E-state index in [-0.39, 0.29) is 30.9 Å². The first-order valence-corrected chi connectivity index (χ1v) is 6.32. The summed E-state index contributed by atoms with van der Waals surface area (Å²) < 4.78 is 0. The van der Waals surface area contributed by atoms with E-state index < -0.39 is 0 Å². The SMILES string of the molecule is CC1CCCCN1CC(N)c1ccccc1.Cl.Cl. The molecule has 0 aliphatic carbocycles. The first-order chi connectivity index (χ1) is 7.77. The van der Waals surface area contributed by atoms with E-state index in [4.69, 9.17) is 5.73 Å². The van der Waals surface area contributed by atoms with Crippen LogP contribution < -0.4 is 5.73 Å². The molecule has 2 rings (SSSR count). The maximum atomic E-state index is 6.25. The third-order valence-corrected chi connectivity index (χ3v) is 3.60. The number of benzene rings is 1. The molecule has 1 saturated heterocycles. The van der Waals surface area contributed by atoms with Crippen molar-refractivity contribution in [3.05, 3.63) is 35.9 Å². The van der Waals surface area contributed by atoms with E-state index >= 15 is 0 Å². The van der Waals surface area contributed by atoms with Gasteiger partial charge in [-0.15, -0.1) is 24.8 Å². The Morgan fingerprint density at radius 2 is 1.89 bits per heavy atom. The summed E-state index contributed by atoms with van der Waals surface area (Å²) in [5, 5.41) is 0. The van der Waals surface area contributed by atoms with Gasteiger partial charge >= 0.3 is 0 Å². The topological polar surface area (TPSA) is 29.3 Å². The standard InChI is InChI=1S/C14H22N2.2ClH/c1-12-7-5-6-10-16(12)11-14(15)13-8-3-2-4-9-13;;/h2-4,8-9,12,14H,5-7,10-11,15H2,1H3;2*1H. The van der Waals surface area contributed by atoms with Crippen molar-refractivity contribution in [2.75, 3.05) is 13.1 Å². The zero-order valence-electron chi connectivity index (χ0n) is 10.9. The van der Waals surface area contributed by atoms with Gasteiger partial charge in [0, 0.05) is 18.6 Å². The Morgan fingerprint density at radius 3 is 2.50 bits per heavy atom. The summed E-state index contributed by atoms with van der Waals surface area (Å²) in [6, 6.07) is 11.3. The van der Waals surface area contributed by atoms with Crippen LogP contribution >= 0.6 is 24.8 Å². The lowest BCUT2D eigenvalue weighted by molar-refractivity contribution is 0.151. The summed E-state index contributed by atoms with van der Waals surface area (Å²) in [6.45, 7) is 4.52. The first kappa shape index (κ1) is 17.7. The molecule has 104 valence electrons. The van der Waals surface area contributed by atoms with Gasteiger partial charge < -0.3 is 5.73 Å². The Hall–Kier alpha value is -0.280. The predicted octanol–water partition coefficient (Wildman–Crippen LogP) is 3.40. The lowest BCUT2D eigenvalue weighted by atomic mass is 10.0. The number of nitrogens with two attached hydrogens (primary N) is 1. The van der Waals surface area contributed by atoms with Crippen molar-refractivity contribution in [1.82, 2.24) is 4.90 Å². The second-order valence-electron chi connectivity index (χ2n) is 4.86. The quantitative estimate of drug-likeness (QED) is 0.924. The van der Waals surface area contributed by atoms with Gasteiger partial charge in [-0.05, 0) is 31.9 Å². The van der Waals surface area contributed by atoms with Crippen molar-refractivity contribution in [2.45, 2.75) is 38.3 Å². The van der Waals surface area contributed by atoms with E-state index in [1.165, 1.54) is 31.4 Å². The highest BCUT2D eigenvalue weighted by Gasteiger charge is 2.20. The number of rotatable bonds is 3. The van der Waals surface area contributed by atoms with Crippen LogP contribution in [0.15, 0.2) is 30.3 Å². The fourth-order valence-corrected chi connectivity index (χ4v) is 2.49. The number of hydrogen-bond donors (Lipinski definition) is 1. The van der Waals surface area contributed by atoms with Crippen molar-refractivity contribution < 1.29 is 0 Å². The van der Waals surface area contributed by atoms with Gasteiger partial charge in [0.15, 0.2) is 0 Å².